The number of hydrogen-bond donors (Lipinski definition) is 1. The Morgan fingerprint density at radius 2 is 1.83 bits per heavy atom. The number of carbonyl (C=O) groups excluding carboxylic acids is 2. The van der Waals surface area contributed by atoms with Crippen LogP contribution in [-0.2, 0) is 19.6 Å². The molecular formula is C20H27N3O5S. The first-order valence-corrected chi connectivity index (χ1v) is 11.7. The number of likely N-dealkylation sites (tertiary alicyclic amines) is 1. The van der Waals surface area contributed by atoms with E-state index in [4.69, 9.17) is 4.74 Å². The SMILES string of the molecule is Cc1cc2c(cc1S(=O)(=O)N1CCC[C@@H]1C(=O)N1CCCCCC1)OCC(=O)N2. The van der Waals surface area contributed by atoms with Crippen LogP contribution in [0, 0.1) is 6.92 Å². The summed E-state index contributed by atoms with van der Waals surface area (Å²) in [6.45, 7) is 3.29. The van der Waals surface area contributed by atoms with Gasteiger partial charge in [-0.3, -0.25) is 9.59 Å². The Bertz CT molecular complexity index is 922. The lowest BCUT2D eigenvalue weighted by Gasteiger charge is -2.30. The van der Waals surface area contributed by atoms with Crippen molar-refractivity contribution in [3.8, 4) is 5.75 Å². The van der Waals surface area contributed by atoms with Crippen molar-refractivity contribution < 1.29 is 22.7 Å². The van der Waals surface area contributed by atoms with E-state index in [0.29, 0.717) is 49.5 Å². The van der Waals surface area contributed by atoms with Crippen molar-refractivity contribution in [1.82, 2.24) is 9.21 Å². The number of rotatable bonds is 3. The Hall–Kier alpha value is -2.13. The van der Waals surface area contributed by atoms with Crippen molar-refractivity contribution in [3.63, 3.8) is 0 Å². The first-order chi connectivity index (χ1) is 13.9. The highest BCUT2D eigenvalue weighted by Crippen LogP contribution is 2.36. The first-order valence-electron chi connectivity index (χ1n) is 10.3. The Balaban J connectivity index is 1.62. The third-order valence-electron chi connectivity index (χ3n) is 5.90. The topological polar surface area (TPSA) is 96.0 Å². The van der Waals surface area contributed by atoms with Crippen molar-refractivity contribution in [2.75, 3.05) is 31.6 Å². The van der Waals surface area contributed by atoms with Gasteiger partial charge >= 0.3 is 0 Å². The normalized spacial score (nSPS) is 23.1. The molecule has 158 valence electrons. The van der Waals surface area contributed by atoms with E-state index in [1.807, 2.05) is 4.90 Å². The summed E-state index contributed by atoms with van der Waals surface area (Å²) in [7, 11) is -3.87. The molecule has 1 aromatic rings. The van der Waals surface area contributed by atoms with Crippen LogP contribution < -0.4 is 10.1 Å². The van der Waals surface area contributed by atoms with Gasteiger partial charge in [0.25, 0.3) is 5.91 Å². The average molecular weight is 422 g/mol. The molecule has 3 aliphatic rings. The molecule has 0 radical (unpaired) electrons. The number of nitrogens with zero attached hydrogens (tertiary/aromatic N) is 2. The van der Waals surface area contributed by atoms with Crippen LogP contribution >= 0.6 is 0 Å². The van der Waals surface area contributed by atoms with Crippen LogP contribution in [0.5, 0.6) is 5.75 Å². The fraction of sp³-hybridized carbons (Fsp3) is 0.600. The third-order valence-corrected chi connectivity index (χ3v) is 7.95. The molecule has 0 unspecified atom stereocenters. The molecule has 2 fully saturated rings. The molecule has 1 aromatic carbocycles. The maximum atomic E-state index is 13.5. The highest BCUT2D eigenvalue weighted by molar-refractivity contribution is 7.89. The van der Waals surface area contributed by atoms with Crippen LogP contribution in [0.4, 0.5) is 5.69 Å². The van der Waals surface area contributed by atoms with E-state index in [2.05, 4.69) is 5.32 Å². The van der Waals surface area contributed by atoms with E-state index < -0.39 is 16.1 Å². The van der Waals surface area contributed by atoms with E-state index in [9.17, 15) is 18.0 Å². The molecule has 4 rings (SSSR count). The first kappa shape index (κ1) is 20.2. The largest absolute Gasteiger partial charge is 0.482 e. The van der Waals surface area contributed by atoms with Gasteiger partial charge in [0.2, 0.25) is 15.9 Å². The minimum Gasteiger partial charge on any atom is -0.482 e. The van der Waals surface area contributed by atoms with Gasteiger partial charge in [-0.15, -0.1) is 0 Å². The molecule has 2 amide bonds. The summed E-state index contributed by atoms with van der Waals surface area (Å²) in [6.07, 6.45) is 5.38. The number of benzene rings is 1. The highest BCUT2D eigenvalue weighted by atomic mass is 32.2. The molecule has 0 spiro atoms. The maximum absolute atomic E-state index is 13.5. The molecule has 0 saturated carbocycles. The van der Waals surface area contributed by atoms with Gasteiger partial charge in [0.1, 0.15) is 11.8 Å². The fourth-order valence-electron chi connectivity index (χ4n) is 4.40. The van der Waals surface area contributed by atoms with Gasteiger partial charge in [-0.1, -0.05) is 12.8 Å². The minimum atomic E-state index is -3.87. The van der Waals surface area contributed by atoms with Crippen LogP contribution in [-0.4, -0.2) is 61.7 Å². The van der Waals surface area contributed by atoms with Crippen molar-refractivity contribution >= 4 is 27.5 Å². The van der Waals surface area contributed by atoms with E-state index in [1.165, 1.54) is 10.4 Å². The van der Waals surface area contributed by atoms with Crippen LogP contribution in [0.1, 0.15) is 44.1 Å². The van der Waals surface area contributed by atoms with Crippen LogP contribution in [0.25, 0.3) is 0 Å². The van der Waals surface area contributed by atoms with Gasteiger partial charge in [0.05, 0.1) is 10.6 Å². The monoisotopic (exact) mass is 421 g/mol. The molecule has 1 N–H and O–H groups in total. The quantitative estimate of drug-likeness (QED) is 0.804. The summed E-state index contributed by atoms with van der Waals surface area (Å²) in [5, 5.41) is 2.69. The number of amides is 2. The molecular weight excluding hydrogens is 394 g/mol. The summed E-state index contributed by atoms with van der Waals surface area (Å²) >= 11 is 0. The van der Waals surface area contributed by atoms with Gasteiger partial charge in [-0.2, -0.15) is 4.31 Å². The average Bonchev–Trinajstić information content (AvgIpc) is 3.03. The van der Waals surface area contributed by atoms with Crippen LogP contribution in [0.15, 0.2) is 17.0 Å². The zero-order valence-corrected chi connectivity index (χ0v) is 17.5. The molecule has 29 heavy (non-hydrogen) atoms. The van der Waals surface area contributed by atoms with Crippen LogP contribution in [0.2, 0.25) is 0 Å². The number of nitrogens with one attached hydrogen (secondary N) is 1. The number of anilines is 1. The molecule has 9 heteroatoms. The lowest BCUT2D eigenvalue weighted by molar-refractivity contribution is -0.134. The molecule has 3 heterocycles. The predicted octanol–water partition coefficient (Wildman–Crippen LogP) is 1.88. The molecule has 0 aromatic heterocycles. The second-order valence-corrected chi connectivity index (χ2v) is 9.82. The zero-order valence-electron chi connectivity index (χ0n) is 16.6. The number of fused-ring (bicyclic) bond motifs is 1. The number of sulfonamides is 1. The van der Waals surface area contributed by atoms with Crippen LogP contribution in [0.3, 0.4) is 0 Å². The Morgan fingerprint density at radius 1 is 1.10 bits per heavy atom. The van der Waals surface area contributed by atoms with Gasteiger partial charge < -0.3 is 15.0 Å². The molecule has 0 aliphatic carbocycles. The molecule has 2 saturated heterocycles. The second kappa shape index (κ2) is 7.95. The zero-order chi connectivity index (χ0) is 20.6. The van der Waals surface area contributed by atoms with Crippen molar-refractivity contribution in [2.45, 2.75) is 56.4 Å². The maximum Gasteiger partial charge on any atom is 0.262 e. The molecule has 0 bridgehead atoms. The van der Waals surface area contributed by atoms with Gasteiger partial charge in [-0.05, 0) is 44.2 Å². The van der Waals surface area contributed by atoms with Crippen molar-refractivity contribution in [3.05, 3.63) is 17.7 Å². The van der Waals surface area contributed by atoms with E-state index in [-0.39, 0.29) is 23.3 Å². The lowest BCUT2D eigenvalue weighted by Crippen LogP contribution is -2.48. The molecule has 8 nitrogen and oxygen atoms in total. The standard InChI is InChI=1S/C20H27N3O5S/c1-14-11-15-17(28-13-19(24)21-15)12-18(14)29(26,27)23-10-6-7-16(23)20(25)22-8-4-2-3-5-9-22/h11-12,16H,2-10,13H2,1H3,(H,21,24)/t16-/m1/s1. The molecule has 3 aliphatic heterocycles. The second-order valence-electron chi connectivity index (χ2n) is 7.96. The fourth-order valence-corrected chi connectivity index (χ4v) is 6.27. The lowest BCUT2D eigenvalue weighted by atomic mass is 10.2. The van der Waals surface area contributed by atoms with E-state index >= 15 is 0 Å². The third kappa shape index (κ3) is 3.85. The number of aryl methyl sites for hydroxylation is 1. The Labute approximate surface area is 171 Å². The van der Waals surface area contributed by atoms with Crippen molar-refractivity contribution in [2.24, 2.45) is 0 Å². The number of ether oxygens (including phenoxy) is 1. The number of hydrogen-bond acceptors (Lipinski definition) is 5. The summed E-state index contributed by atoms with van der Waals surface area (Å²) in [5.41, 5.74) is 0.985. The summed E-state index contributed by atoms with van der Waals surface area (Å²) in [5.74, 6) is -0.00868. The summed E-state index contributed by atoms with van der Waals surface area (Å²) in [6, 6.07) is 2.43. The summed E-state index contributed by atoms with van der Waals surface area (Å²) < 4.78 is 33.7. The van der Waals surface area contributed by atoms with Gasteiger partial charge in [0, 0.05) is 25.7 Å². The van der Waals surface area contributed by atoms with E-state index in [0.717, 1.165) is 25.7 Å². The smallest absolute Gasteiger partial charge is 0.262 e. The van der Waals surface area contributed by atoms with Crippen molar-refractivity contribution in [1.29, 1.82) is 0 Å². The summed E-state index contributed by atoms with van der Waals surface area (Å²) in [4.78, 5) is 26.6. The molecule has 1 atom stereocenters. The minimum absolute atomic E-state index is 0.0768. The number of carbonyl (C=O) groups is 2. The van der Waals surface area contributed by atoms with Gasteiger partial charge in [0.15, 0.2) is 6.61 Å². The van der Waals surface area contributed by atoms with Gasteiger partial charge in [-0.25, -0.2) is 8.42 Å². The van der Waals surface area contributed by atoms with E-state index in [1.54, 1.807) is 13.0 Å². The Morgan fingerprint density at radius 3 is 2.55 bits per heavy atom. The predicted molar refractivity (Wildman–Crippen MR) is 107 cm³/mol. The Kier molecular flexibility index (Phi) is 5.52. The highest BCUT2D eigenvalue weighted by Gasteiger charge is 2.42.